The zero-order valence-electron chi connectivity index (χ0n) is 9.80. The van der Waals surface area contributed by atoms with Crippen molar-refractivity contribution in [2.45, 2.75) is 26.7 Å². The van der Waals surface area contributed by atoms with E-state index in [1.807, 2.05) is 13.0 Å². The maximum Gasteiger partial charge on any atom is 0.227 e. The molecular weight excluding hydrogens is 218 g/mol. The van der Waals surface area contributed by atoms with Gasteiger partial charge < -0.3 is 9.32 Å². The molecule has 0 radical (unpaired) electrons. The summed E-state index contributed by atoms with van der Waals surface area (Å²) in [6, 6.07) is 1.84. The number of carbonyl (C=O) groups excluding carboxylic acids is 1. The Bertz CT molecular complexity index is 534. The van der Waals surface area contributed by atoms with Gasteiger partial charge in [-0.1, -0.05) is 5.16 Å². The molecule has 0 aliphatic carbocycles. The fourth-order valence-electron chi connectivity index (χ4n) is 1.47. The molecule has 5 heteroatoms. The smallest absolute Gasteiger partial charge is 0.227 e. The van der Waals surface area contributed by atoms with E-state index in [2.05, 4.69) is 15.1 Å². The summed E-state index contributed by atoms with van der Waals surface area (Å²) >= 11 is 0. The Labute approximate surface area is 98.9 Å². The van der Waals surface area contributed by atoms with Crippen LogP contribution in [0.1, 0.15) is 24.8 Å². The summed E-state index contributed by atoms with van der Waals surface area (Å²) in [4.78, 5) is 19.1. The van der Waals surface area contributed by atoms with Gasteiger partial charge in [-0.25, -0.2) is 0 Å². The predicted molar refractivity (Wildman–Crippen MR) is 61.3 cm³/mol. The van der Waals surface area contributed by atoms with Gasteiger partial charge in [0, 0.05) is 30.8 Å². The maximum absolute atomic E-state index is 10.8. The molecule has 0 spiro atoms. The Morgan fingerprint density at radius 2 is 2.29 bits per heavy atom. The summed E-state index contributed by atoms with van der Waals surface area (Å²) in [6.45, 7) is 3.48. The first-order chi connectivity index (χ1) is 8.16. The molecule has 0 N–H and O–H groups in total. The van der Waals surface area contributed by atoms with Gasteiger partial charge in [0.25, 0.3) is 0 Å². The van der Waals surface area contributed by atoms with Crippen LogP contribution in [0.5, 0.6) is 0 Å². The second kappa shape index (κ2) is 4.86. The highest BCUT2D eigenvalue weighted by Crippen LogP contribution is 2.19. The van der Waals surface area contributed by atoms with Crippen molar-refractivity contribution in [2.24, 2.45) is 0 Å². The molecule has 2 aromatic rings. The van der Waals surface area contributed by atoms with Crippen LogP contribution in [0, 0.1) is 6.92 Å². The van der Waals surface area contributed by atoms with E-state index < -0.39 is 0 Å². The molecule has 0 saturated carbocycles. The molecule has 0 aliphatic heterocycles. The van der Waals surface area contributed by atoms with E-state index >= 15 is 0 Å². The molecule has 0 aliphatic rings. The maximum atomic E-state index is 10.8. The Morgan fingerprint density at radius 1 is 1.47 bits per heavy atom. The fourth-order valence-corrected chi connectivity index (χ4v) is 1.47. The van der Waals surface area contributed by atoms with Crippen LogP contribution in [0.3, 0.4) is 0 Å². The number of Topliss-reactive ketones (excluding diaryl/α,β-unsaturated/α-hetero) is 1. The zero-order chi connectivity index (χ0) is 12.3. The zero-order valence-corrected chi connectivity index (χ0v) is 9.80. The number of carbonyl (C=O) groups is 1. The number of nitrogens with zero attached hydrogens (tertiary/aromatic N) is 3. The molecule has 0 amide bonds. The number of hydrogen-bond acceptors (Lipinski definition) is 5. The molecule has 0 fully saturated rings. The van der Waals surface area contributed by atoms with Crippen LogP contribution in [0.25, 0.3) is 11.4 Å². The van der Waals surface area contributed by atoms with Crippen molar-refractivity contribution in [1.82, 2.24) is 15.1 Å². The molecule has 5 nitrogen and oxygen atoms in total. The van der Waals surface area contributed by atoms with E-state index in [1.54, 1.807) is 19.3 Å². The summed E-state index contributed by atoms with van der Waals surface area (Å²) < 4.78 is 5.09. The molecule has 0 saturated heterocycles. The number of rotatable bonds is 4. The van der Waals surface area contributed by atoms with E-state index in [0.717, 1.165) is 11.1 Å². The first-order valence-corrected chi connectivity index (χ1v) is 5.40. The number of ketones is 1. The minimum absolute atomic E-state index is 0.116. The van der Waals surface area contributed by atoms with Gasteiger partial charge in [0.2, 0.25) is 11.7 Å². The third kappa shape index (κ3) is 2.75. The molecule has 88 valence electrons. The lowest BCUT2D eigenvalue weighted by atomic mass is 10.1. The molecule has 2 aromatic heterocycles. The number of aryl methyl sites for hydroxylation is 2. The molecule has 0 bridgehead atoms. The van der Waals surface area contributed by atoms with Crippen LogP contribution in [-0.2, 0) is 11.2 Å². The number of hydrogen-bond donors (Lipinski definition) is 0. The summed E-state index contributed by atoms with van der Waals surface area (Å²) in [6.07, 6.45) is 4.36. The van der Waals surface area contributed by atoms with Crippen molar-refractivity contribution in [3.63, 3.8) is 0 Å². The third-order valence-electron chi connectivity index (χ3n) is 2.42. The summed E-state index contributed by atoms with van der Waals surface area (Å²) in [5.41, 5.74) is 1.89. The van der Waals surface area contributed by atoms with Crippen LogP contribution in [0.4, 0.5) is 0 Å². The molecule has 2 heterocycles. The van der Waals surface area contributed by atoms with Crippen molar-refractivity contribution >= 4 is 5.78 Å². The van der Waals surface area contributed by atoms with Crippen molar-refractivity contribution in [3.8, 4) is 11.4 Å². The largest absolute Gasteiger partial charge is 0.339 e. The highest BCUT2D eigenvalue weighted by atomic mass is 16.5. The lowest BCUT2D eigenvalue weighted by molar-refractivity contribution is -0.117. The summed E-state index contributed by atoms with van der Waals surface area (Å²) in [5, 5.41) is 3.90. The Morgan fingerprint density at radius 3 is 3.00 bits per heavy atom. The summed E-state index contributed by atoms with van der Waals surface area (Å²) in [5.74, 6) is 1.15. The van der Waals surface area contributed by atoms with Crippen molar-refractivity contribution in [3.05, 3.63) is 29.9 Å². The molecule has 0 atom stereocenters. The molecule has 17 heavy (non-hydrogen) atoms. The lowest BCUT2D eigenvalue weighted by Crippen LogP contribution is -1.94. The van der Waals surface area contributed by atoms with Gasteiger partial charge in [-0.2, -0.15) is 4.98 Å². The highest BCUT2D eigenvalue weighted by molar-refractivity contribution is 5.75. The fraction of sp³-hybridized carbons (Fsp3) is 0.333. The Hall–Kier alpha value is -2.04. The lowest BCUT2D eigenvalue weighted by Gasteiger charge is -1.97. The Balaban J connectivity index is 2.18. The van der Waals surface area contributed by atoms with Crippen molar-refractivity contribution in [2.75, 3.05) is 0 Å². The van der Waals surface area contributed by atoms with Gasteiger partial charge in [-0.05, 0) is 25.5 Å². The van der Waals surface area contributed by atoms with Crippen molar-refractivity contribution in [1.29, 1.82) is 0 Å². The molecule has 0 aromatic carbocycles. The third-order valence-corrected chi connectivity index (χ3v) is 2.42. The quantitative estimate of drug-likeness (QED) is 0.804. The molecular formula is C12H13N3O2. The van der Waals surface area contributed by atoms with E-state index in [9.17, 15) is 4.79 Å². The average Bonchev–Trinajstić information content (AvgIpc) is 2.75. The van der Waals surface area contributed by atoms with E-state index in [4.69, 9.17) is 4.52 Å². The Kier molecular flexibility index (Phi) is 3.27. The number of pyridine rings is 1. The van der Waals surface area contributed by atoms with Gasteiger partial charge in [0.1, 0.15) is 5.78 Å². The molecule has 2 rings (SSSR count). The topological polar surface area (TPSA) is 68.9 Å². The minimum atomic E-state index is 0.116. The van der Waals surface area contributed by atoms with Gasteiger partial charge in [-0.15, -0.1) is 0 Å². The van der Waals surface area contributed by atoms with E-state index in [0.29, 0.717) is 24.6 Å². The molecule has 0 unspecified atom stereocenters. The predicted octanol–water partition coefficient (Wildman–Crippen LogP) is 1.96. The normalized spacial score (nSPS) is 10.5. The van der Waals surface area contributed by atoms with Crippen LogP contribution in [-0.4, -0.2) is 20.9 Å². The monoisotopic (exact) mass is 231 g/mol. The van der Waals surface area contributed by atoms with Crippen LogP contribution < -0.4 is 0 Å². The highest BCUT2D eigenvalue weighted by Gasteiger charge is 2.10. The van der Waals surface area contributed by atoms with Crippen LogP contribution >= 0.6 is 0 Å². The van der Waals surface area contributed by atoms with Gasteiger partial charge in [0.05, 0.1) is 0 Å². The van der Waals surface area contributed by atoms with Crippen LogP contribution in [0.15, 0.2) is 23.0 Å². The van der Waals surface area contributed by atoms with E-state index in [-0.39, 0.29) is 5.78 Å². The minimum Gasteiger partial charge on any atom is -0.339 e. The summed E-state index contributed by atoms with van der Waals surface area (Å²) in [7, 11) is 0. The van der Waals surface area contributed by atoms with E-state index in [1.165, 1.54) is 0 Å². The average molecular weight is 231 g/mol. The standard InChI is InChI=1S/C12H13N3O2/c1-8-7-13-6-5-10(8)12-14-11(17-15-12)4-3-9(2)16/h5-7H,3-4H2,1-2H3. The number of aromatic nitrogens is 3. The second-order valence-corrected chi connectivity index (χ2v) is 3.90. The SMILES string of the molecule is CC(=O)CCc1nc(-c2ccncc2C)no1. The van der Waals surface area contributed by atoms with Gasteiger partial charge in [-0.3, -0.25) is 4.98 Å². The first kappa shape index (κ1) is 11.4. The van der Waals surface area contributed by atoms with Crippen LogP contribution in [0.2, 0.25) is 0 Å². The first-order valence-electron chi connectivity index (χ1n) is 5.40. The van der Waals surface area contributed by atoms with Gasteiger partial charge >= 0.3 is 0 Å². The van der Waals surface area contributed by atoms with Crippen molar-refractivity contribution < 1.29 is 9.32 Å². The van der Waals surface area contributed by atoms with Gasteiger partial charge in [0.15, 0.2) is 0 Å². The second-order valence-electron chi connectivity index (χ2n) is 3.90.